The van der Waals surface area contributed by atoms with Gasteiger partial charge in [-0.15, -0.1) is 0 Å². The molecule has 17 heavy (non-hydrogen) atoms. The number of likely N-dealkylation sites (N-methyl/N-ethyl adjacent to an activating group) is 1. The summed E-state index contributed by atoms with van der Waals surface area (Å²) in [6.45, 7) is 7.88. The summed E-state index contributed by atoms with van der Waals surface area (Å²) in [5.74, 6) is 0.135. The molecule has 0 bridgehead atoms. The Bertz CT molecular complexity index is 389. The zero-order chi connectivity index (χ0) is 12.8. The largest absolute Gasteiger partial charge is 0.376 e. The predicted octanol–water partition coefficient (Wildman–Crippen LogP) is 3.04. The molecule has 0 unspecified atom stereocenters. The van der Waals surface area contributed by atoms with Gasteiger partial charge < -0.3 is 10.2 Å². The lowest BCUT2D eigenvalue weighted by Crippen LogP contribution is -2.35. The fourth-order valence-corrected chi connectivity index (χ4v) is 1.87. The first-order chi connectivity index (χ1) is 8.08. The van der Waals surface area contributed by atoms with Crippen LogP contribution in [0.3, 0.4) is 0 Å². The third kappa shape index (κ3) is 4.04. The molecule has 0 fully saturated rings. The molecule has 0 spiro atoms. The van der Waals surface area contributed by atoms with E-state index in [1.807, 2.05) is 43.9 Å². The van der Waals surface area contributed by atoms with Crippen molar-refractivity contribution in [2.24, 2.45) is 0 Å². The van der Waals surface area contributed by atoms with E-state index in [2.05, 4.69) is 21.2 Å². The number of carbonyl (C=O) groups is 1. The second kappa shape index (κ2) is 6.64. The number of nitrogens with one attached hydrogen (secondary N) is 1. The normalized spacial score (nSPS) is 10.1. The fraction of sp³-hybridized carbons (Fsp3) is 0.462. The number of hydrogen-bond acceptors (Lipinski definition) is 2. The van der Waals surface area contributed by atoms with Crippen molar-refractivity contribution in [2.75, 3.05) is 25.0 Å². The van der Waals surface area contributed by atoms with Gasteiger partial charge in [0, 0.05) is 23.2 Å². The third-order valence-electron chi connectivity index (χ3n) is 2.72. The number of amides is 1. The molecule has 0 aliphatic carbocycles. The van der Waals surface area contributed by atoms with Gasteiger partial charge in [0.05, 0.1) is 6.54 Å². The lowest BCUT2D eigenvalue weighted by molar-refractivity contribution is -0.128. The average Bonchev–Trinajstić information content (AvgIpc) is 2.32. The van der Waals surface area contributed by atoms with Crippen LogP contribution in [0.2, 0.25) is 0 Å². The Morgan fingerprint density at radius 2 is 2.00 bits per heavy atom. The van der Waals surface area contributed by atoms with E-state index >= 15 is 0 Å². The Hall–Kier alpha value is -1.03. The quantitative estimate of drug-likeness (QED) is 0.906. The summed E-state index contributed by atoms with van der Waals surface area (Å²) in [5.41, 5.74) is 2.14. The van der Waals surface area contributed by atoms with Crippen LogP contribution in [0.1, 0.15) is 19.4 Å². The molecule has 3 nitrogen and oxygen atoms in total. The number of benzene rings is 1. The van der Waals surface area contributed by atoms with Gasteiger partial charge in [-0.3, -0.25) is 4.79 Å². The SMILES string of the molecule is CCN(CC)C(=O)CNc1ccc(Br)c(C)c1. The van der Waals surface area contributed by atoms with Crippen LogP contribution < -0.4 is 5.32 Å². The molecule has 1 aromatic carbocycles. The van der Waals surface area contributed by atoms with Crippen molar-refractivity contribution in [3.8, 4) is 0 Å². The Morgan fingerprint density at radius 1 is 1.35 bits per heavy atom. The van der Waals surface area contributed by atoms with Gasteiger partial charge in [-0.25, -0.2) is 0 Å². The van der Waals surface area contributed by atoms with Crippen LogP contribution in [0.25, 0.3) is 0 Å². The van der Waals surface area contributed by atoms with E-state index in [0.717, 1.165) is 28.8 Å². The third-order valence-corrected chi connectivity index (χ3v) is 3.61. The first kappa shape index (κ1) is 14.0. The summed E-state index contributed by atoms with van der Waals surface area (Å²) >= 11 is 3.45. The highest BCUT2D eigenvalue weighted by Gasteiger charge is 2.08. The maximum atomic E-state index is 11.8. The second-order valence-electron chi connectivity index (χ2n) is 3.88. The summed E-state index contributed by atoms with van der Waals surface area (Å²) < 4.78 is 1.08. The predicted molar refractivity (Wildman–Crippen MR) is 75.3 cm³/mol. The van der Waals surface area contributed by atoms with Crippen molar-refractivity contribution < 1.29 is 4.79 Å². The van der Waals surface area contributed by atoms with Crippen molar-refractivity contribution in [1.82, 2.24) is 4.90 Å². The molecule has 0 aliphatic heterocycles. The fourth-order valence-electron chi connectivity index (χ4n) is 1.62. The van der Waals surface area contributed by atoms with E-state index in [9.17, 15) is 4.79 Å². The molecule has 0 heterocycles. The zero-order valence-electron chi connectivity index (χ0n) is 10.6. The second-order valence-corrected chi connectivity index (χ2v) is 4.74. The smallest absolute Gasteiger partial charge is 0.241 e. The number of hydrogen-bond donors (Lipinski definition) is 1. The molecular formula is C13H19BrN2O. The van der Waals surface area contributed by atoms with E-state index in [1.165, 1.54) is 0 Å². The van der Waals surface area contributed by atoms with E-state index in [1.54, 1.807) is 0 Å². The summed E-state index contributed by atoms with van der Waals surface area (Å²) in [6.07, 6.45) is 0. The van der Waals surface area contributed by atoms with Gasteiger partial charge in [-0.05, 0) is 44.5 Å². The van der Waals surface area contributed by atoms with Gasteiger partial charge in [0.15, 0.2) is 0 Å². The topological polar surface area (TPSA) is 32.3 Å². The molecule has 1 aromatic rings. The maximum absolute atomic E-state index is 11.8. The number of rotatable bonds is 5. The minimum Gasteiger partial charge on any atom is -0.376 e. The monoisotopic (exact) mass is 298 g/mol. The van der Waals surface area contributed by atoms with Crippen LogP contribution >= 0.6 is 15.9 Å². The minimum absolute atomic E-state index is 0.135. The standard InChI is InChI=1S/C13H19BrN2O/c1-4-16(5-2)13(17)9-15-11-6-7-12(14)10(3)8-11/h6-8,15H,4-5,9H2,1-3H3. The van der Waals surface area contributed by atoms with Gasteiger partial charge in [-0.2, -0.15) is 0 Å². The molecular weight excluding hydrogens is 280 g/mol. The molecule has 4 heteroatoms. The number of aryl methyl sites for hydroxylation is 1. The van der Waals surface area contributed by atoms with Crippen LogP contribution in [0.15, 0.2) is 22.7 Å². The highest BCUT2D eigenvalue weighted by molar-refractivity contribution is 9.10. The van der Waals surface area contributed by atoms with Crippen LogP contribution in [0.5, 0.6) is 0 Å². The van der Waals surface area contributed by atoms with Crippen molar-refractivity contribution in [1.29, 1.82) is 0 Å². The number of carbonyl (C=O) groups excluding carboxylic acids is 1. The molecule has 0 saturated carbocycles. The van der Waals surface area contributed by atoms with E-state index < -0.39 is 0 Å². The summed E-state index contributed by atoms with van der Waals surface area (Å²) in [6, 6.07) is 5.98. The van der Waals surface area contributed by atoms with Crippen molar-refractivity contribution in [3.63, 3.8) is 0 Å². The molecule has 0 aromatic heterocycles. The summed E-state index contributed by atoms with van der Waals surface area (Å²) in [4.78, 5) is 13.6. The van der Waals surface area contributed by atoms with Gasteiger partial charge in [0.2, 0.25) is 5.91 Å². The van der Waals surface area contributed by atoms with E-state index in [-0.39, 0.29) is 5.91 Å². The minimum atomic E-state index is 0.135. The van der Waals surface area contributed by atoms with Gasteiger partial charge in [-0.1, -0.05) is 15.9 Å². The molecule has 94 valence electrons. The van der Waals surface area contributed by atoms with Crippen molar-refractivity contribution in [3.05, 3.63) is 28.2 Å². The van der Waals surface area contributed by atoms with Crippen LogP contribution in [-0.4, -0.2) is 30.4 Å². The average molecular weight is 299 g/mol. The Morgan fingerprint density at radius 3 is 2.53 bits per heavy atom. The first-order valence-corrected chi connectivity index (χ1v) is 6.65. The van der Waals surface area contributed by atoms with Gasteiger partial charge >= 0.3 is 0 Å². The lowest BCUT2D eigenvalue weighted by atomic mass is 10.2. The lowest BCUT2D eigenvalue weighted by Gasteiger charge is -2.19. The first-order valence-electron chi connectivity index (χ1n) is 5.86. The Kier molecular flexibility index (Phi) is 5.48. The van der Waals surface area contributed by atoms with Gasteiger partial charge in [0.25, 0.3) is 0 Å². The van der Waals surface area contributed by atoms with Gasteiger partial charge in [0.1, 0.15) is 0 Å². The van der Waals surface area contributed by atoms with Crippen LogP contribution in [0.4, 0.5) is 5.69 Å². The van der Waals surface area contributed by atoms with E-state index in [0.29, 0.717) is 6.54 Å². The molecule has 0 atom stereocenters. The molecule has 1 rings (SSSR count). The van der Waals surface area contributed by atoms with Crippen molar-refractivity contribution >= 4 is 27.5 Å². The Labute approximate surface area is 111 Å². The highest BCUT2D eigenvalue weighted by atomic mass is 79.9. The molecule has 0 saturated heterocycles. The number of halogens is 1. The number of anilines is 1. The van der Waals surface area contributed by atoms with Crippen LogP contribution in [0, 0.1) is 6.92 Å². The number of nitrogens with zero attached hydrogens (tertiary/aromatic N) is 1. The Balaban J connectivity index is 2.55. The summed E-state index contributed by atoms with van der Waals surface area (Å²) in [5, 5.41) is 3.15. The van der Waals surface area contributed by atoms with Crippen LogP contribution in [-0.2, 0) is 4.79 Å². The molecule has 1 amide bonds. The molecule has 0 radical (unpaired) electrons. The van der Waals surface area contributed by atoms with E-state index in [4.69, 9.17) is 0 Å². The maximum Gasteiger partial charge on any atom is 0.241 e. The van der Waals surface area contributed by atoms with Crippen molar-refractivity contribution in [2.45, 2.75) is 20.8 Å². The summed E-state index contributed by atoms with van der Waals surface area (Å²) in [7, 11) is 0. The zero-order valence-corrected chi connectivity index (χ0v) is 12.2. The molecule has 1 N–H and O–H groups in total. The molecule has 0 aliphatic rings. The highest BCUT2D eigenvalue weighted by Crippen LogP contribution is 2.19.